The van der Waals surface area contributed by atoms with Gasteiger partial charge in [-0.25, -0.2) is 0 Å². The van der Waals surface area contributed by atoms with Crippen molar-refractivity contribution in [2.24, 2.45) is 17.8 Å². The molecule has 4 atom stereocenters. The molecule has 0 spiro atoms. The van der Waals surface area contributed by atoms with Crippen molar-refractivity contribution in [1.82, 2.24) is 0 Å². The number of fused-ring (bicyclic) bond motifs is 1. The van der Waals surface area contributed by atoms with Crippen LogP contribution in [0.1, 0.15) is 59.3 Å². The van der Waals surface area contributed by atoms with Crippen LogP contribution in [0.2, 0.25) is 12.6 Å². The molecule has 6 heteroatoms. The average molecular weight is 521 g/mol. The molecular formula is C20H37BCl4Zr-2. The second-order valence-electron chi connectivity index (χ2n) is 7.56. The fourth-order valence-corrected chi connectivity index (χ4v) is 4.85. The molecule has 0 saturated heterocycles. The van der Waals surface area contributed by atoms with Crippen LogP contribution in [-0.2, 0) is 20.8 Å². The molecular weight excluding hydrogens is 484 g/mol. The Morgan fingerprint density at radius 3 is 1.81 bits per heavy atom. The van der Waals surface area contributed by atoms with Gasteiger partial charge in [-0.1, -0.05) is 55.9 Å². The van der Waals surface area contributed by atoms with Gasteiger partial charge in [0.2, 0.25) is 0 Å². The van der Waals surface area contributed by atoms with Crippen LogP contribution in [-0.4, -0.2) is 6.13 Å². The van der Waals surface area contributed by atoms with Gasteiger partial charge in [0.25, 0.3) is 0 Å². The van der Waals surface area contributed by atoms with Crippen molar-refractivity contribution in [1.29, 1.82) is 0 Å². The van der Waals surface area contributed by atoms with Gasteiger partial charge in [-0.3, -0.25) is 0 Å². The standard InChI is InChI=1S/C12H18.C6H13BCl.2CH3.3ClH.Zr/c1-8-4-5-9(2)12-10(3)6-7-11(8)12;1-7(8)6-4-2-3-5-6;;;;;;/h4-5,10-12H,6-7H2,1-3H3;6-7H,2-5H2,1H3;2*1H3;3*1H;/q;3*-1;;;;+4/p-3. The van der Waals surface area contributed by atoms with Crippen LogP contribution in [0.4, 0.5) is 0 Å². The molecule has 0 aromatic carbocycles. The molecule has 0 aromatic heterocycles. The molecule has 0 aromatic rings. The van der Waals surface area contributed by atoms with Crippen LogP contribution in [0, 0.1) is 32.6 Å². The molecule has 2 fully saturated rings. The van der Waals surface area contributed by atoms with Gasteiger partial charge in [-0.15, -0.1) is 0 Å². The van der Waals surface area contributed by atoms with E-state index in [4.69, 9.17) is 28.5 Å². The number of halogens is 4. The minimum atomic E-state index is -0.826. The Morgan fingerprint density at radius 1 is 0.962 bits per heavy atom. The number of rotatable bonds is 1. The van der Waals surface area contributed by atoms with Crippen LogP contribution in [0.5, 0.6) is 0 Å². The van der Waals surface area contributed by atoms with E-state index < -0.39 is 20.8 Å². The summed E-state index contributed by atoms with van der Waals surface area (Å²) in [7, 11) is 9.87. The van der Waals surface area contributed by atoms with Crippen molar-refractivity contribution in [3.63, 3.8) is 0 Å². The first-order valence-electron chi connectivity index (χ1n) is 9.13. The third-order valence-corrected chi connectivity index (χ3v) is 6.41. The van der Waals surface area contributed by atoms with E-state index >= 15 is 0 Å². The summed E-state index contributed by atoms with van der Waals surface area (Å²) in [5, 5.41) is 0. The van der Waals surface area contributed by atoms with Crippen molar-refractivity contribution in [2.75, 3.05) is 0 Å². The molecule has 3 aliphatic rings. The van der Waals surface area contributed by atoms with E-state index in [0.29, 0.717) is 0 Å². The number of hydrogen-bond donors (Lipinski definition) is 0. The molecule has 3 rings (SSSR count). The van der Waals surface area contributed by atoms with Gasteiger partial charge in [0.05, 0.1) is 6.13 Å². The van der Waals surface area contributed by atoms with Crippen LogP contribution >= 0.6 is 28.5 Å². The summed E-state index contributed by atoms with van der Waals surface area (Å²) in [6.07, 6.45) is 12.8. The molecule has 4 unspecified atom stereocenters. The van der Waals surface area contributed by atoms with Crippen molar-refractivity contribution < 1.29 is 33.3 Å². The van der Waals surface area contributed by atoms with Crippen LogP contribution in [0.25, 0.3) is 0 Å². The van der Waals surface area contributed by atoms with Crippen molar-refractivity contribution in [2.45, 2.75) is 71.9 Å². The summed E-state index contributed by atoms with van der Waals surface area (Å²) in [6.45, 7) is 9.18. The van der Waals surface area contributed by atoms with E-state index in [1.165, 1.54) is 38.5 Å². The Labute approximate surface area is 194 Å². The summed E-state index contributed by atoms with van der Waals surface area (Å²) < 4.78 is 0. The normalized spacial score (nSPS) is 27.1. The van der Waals surface area contributed by atoms with Crippen LogP contribution in [0.3, 0.4) is 0 Å². The second-order valence-corrected chi connectivity index (χ2v) is 12.1. The van der Waals surface area contributed by atoms with E-state index in [9.17, 15) is 0 Å². The third kappa shape index (κ3) is 10.4. The molecule has 0 bridgehead atoms. The molecule has 0 aliphatic heterocycles. The average Bonchev–Trinajstić information content (AvgIpc) is 3.15. The zero-order valence-electron chi connectivity index (χ0n) is 17.4. The Morgan fingerprint density at radius 2 is 1.42 bits per heavy atom. The molecule has 2 saturated carbocycles. The molecule has 26 heavy (non-hydrogen) atoms. The monoisotopic (exact) mass is 518 g/mol. The predicted octanol–water partition coefficient (Wildman–Crippen LogP) is 5.36. The fraction of sp³-hybridized carbons (Fsp3) is 0.700. The van der Waals surface area contributed by atoms with Gasteiger partial charge in [-0.05, 0) is 44.4 Å². The molecule has 0 nitrogen and oxygen atoms in total. The van der Waals surface area contributed by atoms with E-state index in [1.54, 1.807) is 11.1 Å². The molecule has 0 heterocycles. The molecule has 0 radical (unpaired) electrons. The SMILES string of the molecule is CC1=CC=C(C)C2C(C)CCC12.C[BH-](Cl)C1CCCC1.[CH3-].[CH3-].[Cl-].[Cl][Zr+2][Cl]. The fourth-order valence-electron chi connectivity index (χ4n) is 4.55. The Kier molecular flexibility index (Phi) is 21.6. The zero-order chi connectivity index (χ0) is 17.4. The van der Waals surface area contributed by atoms with Crippen molar-refractivity contribution >= 4 is 34.6 Å². The van der Waals surface area contributed by atoms with Gasteiger partial charge < -0.3 is 38.7 Å². The topological polar surface area (TPSA) is 0 Å². The van der Waals surface area contributed by atoms with Crippen molar-refractivity contribution in [3.05, 3.63) is 38.2 Å². The van der Waals surface area contributed by atoms with Gasteiger partial charge in [0.1, 0.15) is 0 Å². The van der Waals surface area contributed by atoms with Gasteiger partial charge in [0, 0.05) is 0 Å². The summed E-state index contributed by atoms with van der Waals surface area (Å²) in [4.78, 5) is 0. The van der Waals surface area contributed by atoms with Crippen LogP contribution < -0.4 is 12.4 Å². The Bertz CT molecular complexity index is 407. The first kappa shape index (κ1) is 32.3. The Hall–Kier alpha value is 1.59. The Balaban J connectivity index is -0.000000336. The quantitative estimate of drug-likeness (QED) is 0.322. The van der Waals surface area contributed by atoms with Crippen molar-refractivity contribution in [3.8, 4) is 0 Å². The maximum atomic E-state index is 5.97. The summed E-state index contributed by atoms with van der Waals surface area (Å²) in [6, 6.07) is 0. The van der Waals surface area contributed by atoms with E-state index in [2.05, 4.69) is 39.7 Å². The predicted molar refractivity (Wildman–Crippen MR) is 119 cm³/mol. The summed E-state index contributed by atoms with van der Waals surface area (Å²) in [5.74, 6) is 3.58. The van der Waals surface area contributed by atoms with E-state index in [-0.39, 0.29) is 33.4 Å². The molecule has 0 N–H and O–H groups in total. The summed E-state index contributed by atoms with van der Waals surface area (Å²) >= 11 is 5.14. The summed E-state index contributed by atoms with van der Waals surface area (Å²) in [5.41, 5.74) is 3.21. The van der Waals surface area contributed by atoms with Gasteiger partial charge >= 0.3 is 37.9 Å². The van der Waals surface area contributed by atoms with Crippen LogP contribution in [0.15, 0.2) is 23.3 Å². The first-order chi connectivity index (χ1) is 10.9. The zero-order valence-corrected chi connectivity index (χ0v) is 22.9. The van der Waals surface area contributed by atoms with E-state index in [0.717, 1.165) is 23.6 Å². The second kappa shape index (κ2) is 17.4. The third-order valence-electron chi connectivity index (χ3n) is 5.97. The maximum absolute atomic E-state index is 5.97. The van der Waals surface area contributed by atoms with Gasteiger partial charge in [0.15, 0.2) is 0 Å². The molecule has 3 aliphatic carbocycles. The van der Waals surface area contributed by atoms with Gasteiger partial charge in [-0.2, -0.15) is 12.6 Å². The molecule has 0 amide bonds. The minimum absolute atomic E-state index is 0. The number of allylic oxidation sites excluding steroid dienone is 4. The molecule has 154 valence electrons. The first-order valence-corrected chi connectivity index (χ1v) is 16.0. The van der Waals surface area contributed by atoms with E-state index in [1.807, 2.05) is 0 Å². The number of hydrogen-bond acceptors (Lipinski definition) is 0.